The van der Waals surface area contributed by atoms with E-state index in [0.717, 1.165) is 13.0 Å². The second-order valence-corrected chi connectivity index (χ2v) is 6.36. The third-order valence-corrected chi connectivity index (χ3v) is 4.11. The van der Waals surface area contributed by atoms with Gasteiger partial charge in [-0.3, -0.25) is 4.79 Å². The molecule has 0 spiro atoms. The Kier molecular flexibility index (Phi) is 6.30. The Balaban J connectivity index is 2.22. The molecule has 116 valence electrons. The number of carbonyl (C=O) groups is 2. The van der Waals surface area contributed by atoms with Gasteiger partial charge in [-0.1, -0.05) is 13.3 Å². The van der Waals surface area contributed by atoms with E-state index in [1.807, 2.05) is 20.8 Å². The van der Waals surface area contributed by atoms with Crippen molar-refractivity contribution in [2.75, 3.05) is 6.54 Å². The molecule has 1 atom stereocenters. The highest BCUT2D eigenvalue weighted by molar-refractivity contribution is 5.79. The van der Waals surface area contributed by atoms with Gasteiger partial charge in [-0.05, 0) is 45.4 Å². The van der Waals surface area contributed by atoms with Crippen LogP contribution in [0.2, 0.25) is 0 Å². The third kappa shape index (κ3) is 5.39. The van der Waals surface area contributed by atoms with Gasteiger partial charge in [-0.15, -0.1) is 0 Å². The van der Waals surface area contributed by atoms with Crippen molar-refractivity contribution in [2.24, 2.45) is 5.41 Å². The third-order valence-electron chi connectivity index (χ3n) is 4.11. The molecule has 1 aliphatic carbocycles. The first kappa shape index (κ1) is 16.8. The van der Waals surface area contributed by atoms with Crippen molar-refractivity contribution in [3.8, 4) is 0 Å². The van der Waals surface area contributed by atoms with Crippen molar-refractivity contribution >= 4 is 11.9 Å². The van der Waals surface area contributed by atoms with Crippen LogP contribution >= 0.6 is 0 Å². The molecular formula is C15H29N3O2. The van der Waals surface area contributed by atoms with E-state index in [0.29, 0.717) is 11.8 Å². The van der Waals surface area contributed by atoms with Crippen molar-refractivity contribution in [1.29, 1.82) is 0 Å². The van der Waals surface area contributed by atoms with Crippen LogP contribution in [0.15, 0.2) is 0 Å². The number of hydrogen-bond acceptors (Lipinski definition) is 2. The highest BCUT2D eigenvalue weighted by atomic mass is 16.2. The molecule has 0 aromatic heterocycles. The van der Waals surface area contributed by atoms with E-state index >= 15 is 0 Å². The molecule has 5 nitrogen and oxygen atoms in total. The van der Waals surface area contributed by atoms with Gasteiger partial charge >= 0.3 is 6.03 Å². The molecule has 0 aromatic carbocycles. The average molecular weight is 283 g/mol. The molecule has 0 radical (unpaired) electrons. The van der Waals surface area contributed by atoms with Crippen LogP contribution in [0.1, 0.15) is 59.8 Å². The average Bonchev–Trinajstić information content (AvgIpc) is 2.26. The van der Waals surface area contributed by atoms with E-state index in [9.17, 15) is 9.59 Å². The normalized spacial score (nSPS) is 18.1. The highest BCUT2D eigenvalue weighted by Gasteiger charge is 2.35. The lowest BCUT2D eigenvalue weighted by molar-refractivity contribution is -0.121. The van der Waals surface area contributed by atoms with Crippen molar-refractivity contribution in [1.82, 2.24) is 16.0 Å². The summed E-state index contributed by atoms with van der Waals surface area (Å²) in [4.78, 5) is 23.4. The first-order valence-electron chi connectivity index (χ1n) is 7.70. The van der Waals surface area contributed by atoms with Crippen LogP contribution in [0.25, 0.3) is 0 Å². The zero-order chi connectivity index (χ0) is 15.2. The van der Waals surface area contributed by atoms with Crippen LogP contribution in [0, 0.1) is 5.41 Å². The molecule has 0 bridgehead atoms. The van der Waals surface area contributed by atoms with Crippen LogP contribution in [0.4, 0.5) is 4.79 Å². The second kappa shape index (κ2) is 7.50. The minimum atomic E-state index is -0.172. The van der Waals surface area contributed by atoms with Crippen LogP contribution in [-0.2, 0) is 4.79 Å². The van der Waals surface area contributed by atoms with Gasteiger partial charge < -0.3 is 16.0 Å². The quantitative estimate of drug-likeness (QED) is 0.670. The molecule has 5 heteroatoms. The zero-order valence-corrected chi connectivity index (χ0v) is 13.2. The molecule has 1 rings (SSSR count). The lowest BCUT2D eigenvalue weighted by atomic mass is 9.67. The Morgan fingerprint density at radius 2 is 1.80 bits per heavy atom. The fourth-order valence-electron chi connectivity index (χ4n) is 2.58. The van der Waals surface area contributed by atoms with Gasteiger partial charge in [0.1, 0.15) is 0 Å². The van der Waals surface area contributed by atoms with Crippen molar-refractivity contribution in [3.63, 3.8) is 0 Å². The summed E-state index contributed by atoms with van der Waals surface area (Å²) in [5, 5.41) is 8.58. The molecule has 1 fully saturated rings. The second-order valence-electron chi connectivity index (χ2n) is 6.36. The highest BCUT2D eigenvalue weighted by Crippen LogP contribution is 2.42. The fourth-order valence-corrected chi connectivity index (χ4v) is 2.58. The summed E-state index contributed by atoms with van der Waals surface area (Å²) in [6, 6.07) is -0.200. The van der Waals surface area contributed by atoms with Crippen molar-refractivity contribution in [3.05, 3.63) is 0 Å². The van der Waals surface area contributed by atoms with E-state index in [1.165, 1.54) is 19.3 Å². The molecule has 0 heterocycles. The summed E-state index contributed by atoms with van der Waals surface area (Å²) >= 11 is 0. The monoisotopic (exact) mass is 283 g/mol. The standard InChI is InChI=1S/C15H29N3O2/c1-5-15(7-6-8-15)10-16-14(20)18-12(4)9-13(19)17-11(2)3/h11-12H,5-10H2,1-4H3,(H,17,19)(H2,16,18,20). The Morgan fingerprint density at radius 3 is 2.25 bits per heavy atom. The number of urea groups is 1. The summed E-state index contributed by atoms with van der Waals surface area (Å²) in [6.45, 7) is 8.60. The summed E-state index contributed by atoms with van der Waals surface area (Å²) in [7, 11) is 0. The number of nitrogens with one attached hydrogen (secondary N) is 3. The number of hydrogen-bond donors (Lipinski definition) is 3. The van der Waals surface area contributed by atoms with Gasteiger partial charge in [-0.25, -0.2) is 4.79 Å². The molecule has 3 amide bonds. The predicted molar refractivity (Wildman–Crippen MR) is 80.5 cm³/mol. The topological polar surface area (TPSA) is 70.2 Å². The zero-order valence-electron chi connectivity index (χ0n) is 13.2. The van der Waals surface area contributed by atoms with E-state index in [2.05, 4.69) is 22.9 Å². The van der Waals surface area contributed by atoms with Crippen molar-refractivity contribution in [2.45, 2.75) is 71.9 Å². The van der Waals surface area contributed by atoms with Gasteiger partial charge in [-0.2, -0.15) is 0 Å². The van der Waals surface area contributed by atoms with Gasteiger partial charge in [0.15, 0.2) is 0 Å². The SMILES string of the molecule is CCC1(CNC(=O)NC(C)CC(=O)NC(C)C)CCC1. The Bertz CT molecular complexity index is 333. The smallest absolute Gasteiger partial charge is 0.315 e. The van der Waals surface area contributed by atoms with Crippen LogP contribution in [-0.4, -0.2) is 30.6 Å². The van der Waals surface area contributed by atoms with Crippen LogP contribution in [0.3, 0.4) is 0 Å². The van der Waals surface area contributed by atoms with Gasteiger partial charge in [0, 0.05) is 25.0 Å². The Morgan fingerprint density at radius 1 is 1.15 bits per heavy atom. The first-order chi connectivity index (χ1) is 9.37. The Hall–Kier alpha value is -1.26. The summed E-state index contributed by atoms with van der Waals surface area (Å²) in [5.74, 6) is -0.0307. The maximum absolute atomic E-state index is 11.8. The molecular weight excluding hydrogens is 254 g/mol. The molecule has 1 aliphatic rings. The molecule has 0 saturated heterocycles. The van der Waals surface area contributed by atoms with Crippen LogP contribution in [0.5, 0.6) is 0 Å². The minimum Gasteiger partial charge on any atom is -0.354 e. The number of carbonyl (C=O) groups excluding carboxylic acids is 2. The number of amides is 3. The van der Waals surface area contributed by atoms with E-state index in [1.54, 1.807) is 0 Å². The maximum Gasteiger partial charge on any atom is 0.315 e. The van der Waals surface area contributed by atoms with Gasteiger partial charge in [0.2, 0.25) is 5.91 Å². The van der Waals surface area contributed by atoms with Gasteiger partial charge in [0.25, 0.3) is 0 Å². The molecule has 1 unspecified atom stereocenters. The molecule has 3 N–H and O–H groups in total. The molecule has 20 heavy (non-hydrogen) atoms. The molecule has 1 saturated carbocycles. The molecule has 0 aromatic rings. The lowest BCUT2D eigenvalue weighted by Crippen LogP contribution is -2.48. The summed E-state index contributed by atoms with van der Waals surface area (Å²) in [6.07, 6.45) is 5.10. The summed E-state index contributed by atoms with van der Waals surface area (Å²) < 4.78 is 0. The largest absolute Gasteiger partial charge is 0.354 e. The van der Waals surface area contributed by atoms with E-state index in [4.69, 9.17) is 0 Å². The number of rotatable bonds is 7. The lowest BCUT2D eigenvalue weighted by Gasteiger charge is -2.41. The predicted octanol–water partition coefficient (Wildman–Crippen LogP) is 2.17. The summed E-state index contributed by atoms with van der Waals surface area (Å²) in [5.41, 5.74) is 0.315. The maximum atomic E-state index is 11.8. The van der Waals surface area contributed by atoms with E-state index in [-0.39, 0.29) is 24.0 Å². The molecule has 0 aliphatic heterocycles. The first-order valence-corrected chi connectivity index (χ1v) is 7.70. The van der Waals surface area contributed by atoms with Crippen molar-refractivity contribution < 1.29 is 9.59 Å². The van der Waals surface area contributed by atoms with Crippen LogP contribution < -0.4 is 16.0 Å². The van der Waals surface area contributed by atoms with E-state index < -0.39 is 0 Å². The fraction of sp³-hybridized carbons (Fsp3) is 0.867. The van der Waals surface area contributed by atoms with Gasteiger partial charge in [0.05, 0.1) is 0 Å². The Labute approximate surface area is 122 Å². The minimum absolute atomic E-state index is 0.0307.